The zero-order valence-electron chi connectivity index (χ0n) is 13.8. The van der Waals surface area contributed by atoms with Crippen molar-refractivity contribution in [2.45, 2.75) is 0 Å². The van der Waals surface area contributed by atoms with Crippen molar-refractivity contribution in [1.82, 2.24) is 5.32 Å². The number of hydrogen-bond acceptors (Lipinski definition) is 4. The Labute approximate surface area is 141 Å². The number of anilines is 1. The molecular weight excluding hydrogens is 308 g/mol. The van der Waals surface area contributed by atoms with E-state index in [0.717, 1.165) is 11.3 Å². The first kappa shape index (κ1) is 17.2. The molecule has 0 fully saturated rings. The lowest BCUT2D eigenvalue weighted by Gasteiger charge is -2.10. The number of benzene rings is 2. The van der Waals surface area contributed by atoms with E-state index in [1.54, 1.807) is 44.7 Å². The van der Waals surface area contributed by atoms with Crippen molar-refractivity contribution in [2.24, 2.45) is 0 Å². The van der Waals surface area contributed by atoms with Gasteiger partial charge < -0.3 is 24.8 Å². The summed E-state index contributed by atoms with van der Waals surface area (Å²) in [7, 11) is 4.70. The Morgan fingerprint density at radius 1 is 0.917 bits per heavy atom. The first-order valence-corrected chi connectivity index (χ1v) is 7.27. The van der Waals surface area contributed by atoms with Gasteiger partial charge in [0.25, 0.3) is 0 Å². The summed E-state index contributed by atoms with van der Waals surface area (Å²) in [6.07, 6.45) is 3.31. The molecule has 0 aliphatic rings. The van der Waals surface area contributed by atoms with Gasteiger partial charge in [-0.15, -0.1) is 0 Å². The number of amides is 2. The van der Waals surface area contributed by atoms with Gasteiger partial charge in [0.15, 0.2) is 11.5 Å². The van der Waals surface area contributed by atoms with E-state index < -0.39 is 0 Å². The fourth-order valence-corrected chi connectivity index (χ4v) is 2.09. The Bertz CT molecular complexity index is 729. The molecule has 2 aromatic rings. The molecule has 2 N–H and O–H groups in total. The van der Waals surface area contributed by atoms with E-state index in [-0.39, 0.29) is 6.03 Å². The average Bonchev–Trinajstić information content (AvgIpc) is 2.62. The molecule has 0 radical (unpaired) electrons. The normalized spacial score (nSPS) is 10.3. The predicted molar refractivity (Wildman–Crippen MR) is 93.7 cm³/mol. The highest BCUT2D eigenvalue weighted by atomic mass is 16.5. The molecule has 0 aliphatic carbocycles. The Morgan fingerprint density at radius 3 is 2.33 bits per heavy atom. The highest BCUT2D eigenvalue weighted by Gasteiger charge is 2.06. The van der Waals surface area contributed by atoms with Crippen LogP contribution >= 0.6 is 0 Å². The molecule has 0 atom stereocenters. The maximum absolute atomic E-state index is 11.9. The van der Waals surface area contributed by atoms with Gasteiger partial charge in [-0.1, -0.05) is 18.2 Å². The van der Waals surface area contributed by atoms with Crippen molar-refractivity contribution in [3.8, 4) is 17.2 Å². The van der Waals surface area contributed by atoms with E-state index >= 15 is 0 Å². The van der Waals surface area contributed by atoms with Crippen LogP contribution in [0.4, 0.5) is 10.5 Å². The van der Waals surface area contributed by atoms with Crippen LogP contribution in [0, 0.1) is 0 Å². The van der Waals surface area contributed by atoms with Crippen LogP contribution in [-0.4, -0.2) is 27.4 Å². The van der Waals surface area contributed by atoms with E-state index in [1.807, 2.05) is 24.3 Å². The average molecular weight is 328 g/mol. The van der Waals surface area contributed by atoms with Crippen LogP contribution in [0.25, 0.3) is 6.08 Å². The zero-order chi connectivity index (χ0) is 17.4. The van der Waals surface area contributed by atoms with Crippen LogP contribution < -0.4 is 24.8 Å². The number of nitrogens with one attached hydrogen (secondary N) is 2. The second-order valence-corrected chi connectivity index (χ2v) is 4.74. The van der Waals surface area contributed by atoms with Crippen molar-refractivity contribution in [3.05, 3.63) is 54.2 Å². The van der Waals surface area contributed by atoms with Gasteiger partial charge in [0.2, 0.25) is 0 Å². The molecule has 0 unspecified atom stereocenters. The lowest BCUT2D eigenvalue weighted by molar-refractivity contribution is 0.255. The fourth-order valence-electron chi connectivity index (χ4n) is 2.09. The molecule has 24 heavy (non-hydrogen) atoms. The summed E-state index contributed by atoms with van der Waals surface area (Å²) in [6, 6.07) is 12.3. The van der Waals surface area contributed by atoms with E-state index in [4.69, 9.17) is 14.2 Å². The number of para-hydroxylation sites is 1. The lowest BCUT2D eigenvalue weighted by atomic mass is 10.2. The minimum atomic E-state index is -0.367. The van der Waals surface area contributed by atoms with Crippen LogP contribution in [0.3, 0.4) is 0 Å². The van der Waals surface area contributed by atoms with E-state index in [1.165, 1.54) is 7.11 Å². The maximum atomic E-state index is 11.9. The molecule has 0 bridgehead atoms. The van der Waals surface area contributed by atoms with E-state index in [2.05, 4.69) is 10.6 Å². The smallest absolute Gasteiger partial charge is 0.323 e. The molecule has 0 saturated carbocycles. The summed E-state index contributed by atoms with van der Waals surface area (Å²) in [5.41, 5.74) is 1.46. The van der Waals surface area contributed by atoms with Crippen LogP contribution in [0.15, 0.2) is 48.7 Å². The minimum Gasteiger partial charge on any atom is -0.496 e. The number of carbonyl (C=O) groups excluding carboxylic acids is 1. The Hall–Kier alpha value is -3.15. The minimum absolute atomic E-state index is 0.367. The van der Waals surface area contributed by atoms with Crippen molar-refractivity contribution in [2.75, 3.05) is 26.6 Å². The van der Waals surface area contributed by atoms with Crippen molar-refractivity contribution in [3.63, 3.8) is 0 Å². The third-order valence-corrected chi connectivity index (χ3v) is 3.26. The zero-order valence-corrected chi connectivity index (χ0v) is 13.8. The summed E-state index contributed by atoms with van der Waals surface area (Å²) in [5.74, 6) is 1.87. The SMILES string of the molecule is COc1ccccc1/C=C/NC(=O)Nc1ccc(OC)c(OC)c1. The van der Waals surface area contributed by atoms with Gasteiger partial charge in [-0.3, -0.25) is 0 Å². The van der Waals surface area contributed by atoms with Gasteiger partial charge in [0.05, 0.1) is 21.3 Å². The predicted octanol–water partition coefficient (Wildman–Crippen LogP) is 3.50. The van der Waals surface area contributed by atoms with Crippen molar-refractivity contribution >= 4 is 17.8 Å². The molecule has 2 amide bonds. The second-order valence-electron chi connectivity index (χ2n) is 4.74. The molecular formula is C18H20N2O4. The summed E-state index contributed by atoms with van der Waals surface area (Å²) >= 11 is 0. The Balaban J connectivity index is 1.97. The standard InChI is InChI=1S/C18H20N2O4/c1-22-15-7-5-4-6-13(15)10-11-19-18(21)20-14-8-9-16(23-2)17(12-14)24-3/h4-12H,1-3H3,(H2,19,20,21)/b11-10+. The van der Waals surface area contributed by atoms with Gasteiger partial charge >= 0.3 is 6.03 Å². The van der Waals surface area contributed by atoms with E-state index in [0.29, 0.717) is 17.2 Å². The highest BCUT2D eigenvalue weighted by Crippen LogP contribution is 2.29. The molecule has 0 heterocycles. The first-order valence-electron chi connectivity index (χ1n) is 7.27. The van der Waals surface area contributed by atoms with Gasteiger partial charge in [-0.25, -0.2) is 4.79 Å². The second kappa shape index (κ2) is 8.47. The number of methoxy groups -OCH3 is 3. The molecule has 0 saturated heterocycles. The summed E-state index contributed by atoms with van der Waals surface area (Å²) < 4.78 is 15.6. The molecule has 6 nitrogen and oxygen atoms in total. The van der Waals surface area contributed by atoms with Gasteiger partial charge in [0, 0.05) is 23.5 Å². The topological polar surface area (TPSA) is 68.8 Å². The molecule has 0 spiro atoms. The van der Waals surface area contributed by atoms with Crippen LogP contribution in [0.5, 0.6) is 17.2 Å². The molecule has 2 aromatic carbocycles. The van der Waals surface area contributed by atoms with Gasteiger partial charge in [-0.2, -0.15) is 0 Å². The van der Waals surface area contributed by atoms with Crippen LogP contribution in [-0.2, 0) is 0 Å². The molecule has 2 rings (SSSR count). The summed E-state index contributed by atoms with van der Waals surface area (Å²) in [5, 5.41) is 5.35. The lowest BCUT2D eigenvalue weighted by Crippen LogP contribution is -2.23. The quantitative estimate of drug-likeness (QED) is 0.851. The summed E-state index contributed by atoms with van der Waals surface area (Å²) in [4.78, 5) is 11.9. The molecule has 0 aromatic heterocycles. The number of hydrogen-bond donors (Lipinski definition) is 2. The largest absolute Gasteiger partial charge is 0.496 e. The first-order chi connectivity index (χ1) is 11.7. The number of rotatable bonds is 6. The maximum Gasteiger partial charge on any atom is 0.323 e. The Morgan fingerprint density at radius 2 is 1.62 bits per heavy atom. The monoisotopic (exact) mass is 328 g/mol. The third-order valence-electron chi connectivity index (χ3n) is 3.26. The fraction of sp³-hybridized carbons (Fsp3) is 0.167. The number of carbonyl (C=O) groups is 1. The van der Waals surface area contributed by atoms with Gasteiger partial charge in [0.1, 0.15) is 5.75 Å². The molecule has 6 heteroatoms. The molecule has 126 valence electrons. The third kappa shape index (κ3) is 4.42. The van der Waals surface area contributed by atoms with Crippen LogP contribution in [0.1, 0.15) is 5.56 Å². The summed E-state index contributed by atoms with van der Waals surface area (Å²) in [6.45, 7) is 0. The van der Waals surface area contributed by atoms with E-state index in [9.17, 15) is 4.79 Å². The Kier molecular flexibility index (Phi) is 6.08. The van der Waals surface area contributed by atoms with Gasteiger partial charge in [-0.05, 0) is 24.3 Å². The number of ether oxygens (including phenoxy) is 3. The highest BCUT2D eigenvalue weighted by molar-refractivity contribution is 5.90. The molecule has 0 aliphatic heterocycles. The van der Waals surface area contributed by atoms with Crippen molar-refractivity contribution < 1.29 is 19.0 Å². The van der Waals surface area contributed by atoms with Crippen molar-refractivity contribution in [1.29, 1.82) is 0 Å². The van der Waals surface area contributed by atoms with Crippen LogP contribution in [0.2, 0.25) is 0 Å². The number of urea groups is 1.